The van der Waals surface area contributed by atoms with E-state index < -0.39 is 0 Å². The molecule has 0 heteroatoms. The molecule has 2 rings (SSSR count). The Labute approximate surface area is 84.9 Å². The van der Waals surface area contributed by atoms with Gasteiger partial charge in [0, 0.05) is 0 Å². The molecule has 0 saturated heterocycles. The van der Waals surface area contributed by atoms with E-state index in [0.29, 0.717) is 0 Å². The summed E-state index contributed by atoms with van der Waals surface area (Å²) in [4.78, 5) is 0. The van der Waals surface area contributed by atoms with E-state index in [0.717, 1.165) is 6.42 Å². The molecule has 0 aromatic heterocycles. The summed E-state index contributed by atoms with van der Waals surface area (Å²) in [6.45, 7) is 2.05. The van der Waals surface area contributed by atoms with Crippen LogP contribution in [0.4, 0.5) is 0 Å². The Balaban J connectivity index is 2.53. The highest BCUT2D eigenvalue weighted by atomic mass is 14.0. The summed E-state index contributed by atoms with van der Waals surface area (Å²) in [5.74, 6) is 0. The third kappa shape index (κ3) is 1.69. The van der Waals surface area contributed by atoms with Crippen LogP contribution < -0.4 is 0 Å². The van der Waals surface area contributed by atoms with Crippen LogP contribution in [0.5, 0.6) is 0 Å². The SMILES string of the molecule is CC=CCc1cc[c]c2ccccc12. The molecular weight excluding hydrogens is 168 g/mol. The Morgan fingerprint density at radius 3 is 2.93 bits per heavy atom. The number of fused-ring (bicyclic) bond motifs is 1. The lowest BCUT2D eigenvalue weighted by molar-refractivity contribution is 1.29. The average molecular weight is 181 g/mol. The minimum Gasteiger partial charge on any atom is -0.0913 e. The molecule has 2 aromatic rings. The molecule has 0 aliphatic carbocycles. The minimum absolute atomic E-state index is 1.01. The van der Waals surface area contributed by atoms with Gasteiger partial charge in [-0.2, -0.15) is 0 Å². The average Bonchev–Trinajstić information content (AvgIpc) is 2.26. The van der Waals surface area contributed by atoms with Crippen molar-refractivity contribution in [2.24, 2.45) is 0 Å². The molecule has 0 spiro atoms. The lowest BCUT2D eigenvalue weighted by atomic mass is 10.0. The first kappa shape index (κ1) is 9.01. The van der Waals surface area contributed by atoms with Crippen LogP contribution in [0, 0.1) is 6.07 Å². The van der Waals surface area contributed by atoms with Crippen molar-refractivity contribution in [3.8, 4) is 0 Å². The van der Waals surface area contributed by atoms with Crippen LogP contribution in [0.15, 0.2) is 48.6 Å². The number of benzene rings is 2. The highest BCUT2D eigenvalue weighted by Gasteiger charge is 1.97. The Morgan fingerprint density at radius 2 is 2.07 bits per heavy atom. The van der Waals surface area contributed by atoms with Gasteiger partial charge >= 0.3 is 0 Å². The second-order valence-corrected chi connectivity index (χ2v) is 3.32. The van der Waals surface area contributed by atoms with E-state index in [9.17, 15) is 0 Å². The lowest BCUT2D eigenvalue weighted by Crippen LogP contribution is -1.83. The molecule has 2 aromatic carbocycles. The Bertz CT molecular complexity index is 447. The third-order valence-corrected chi connectivity index (χ3v) is 2.37. The summed E-state index contributed by atoms with van der Waals surface area (Å²) < 4.78 is 0. The molecule has 0 unspecified atom stereocenters. The molecule has 0 amide bonds. The van der Waals surface area contributed by atoms with Crippen LogP contribution in [-0.4, -0.2) is 0 Å². The number of hydrogen-bond acceptors (Lipinski definition) is 0. The summed E-state index contributed by atoms with van der Waals surface area (Å²) in [7, 11) is 0. The fraction of sp³-hybridized carbons (Fsp3) is 0.143. The Morgan fingerprint density at radius 1 is 1.21 bits per heavy atom. The second kappa shape index (κ2) is 4.10. The van der Waals surface area contributed by atoms with Gasteiger partial charge in [-0.05, 0) is 35.7 Å². The number of allylic oxidation sites excluding steroid dienone is 2. The fourth-order valence-corrected chi connectivity index (χ4v) is 1.63. The standard InChI is InChI=1S/C14H13/c1-2-3-7-12-9-6-10-13-8-4-5-11-14(12)13/h2-6,8-9,11H,7H2,1H3. The minimum atomic E-state index is 1.01. The summed E-state index contributed by atoms with van der Waals surface area (Å²) in [6.07, 6.45) is 5.28. The van der Waals surface area contributed by atoms with Gasteiger partial charge in [0.2, 0.25) is 0 Å². The van der Waals surface area contributed by atoms with E-state index in [1.54, 1.807) is 0 Å². The first-order valence-corrected chi connectivity index (χ1v) is 4.91. The topological polar surface area (TPSA) is 0 Å². The van der Waals surface area contributed by atoms with Gasteiger partial charge in [0.15, 0.2) is 0 Å². The van der Waals surface area contributed by atoms with Crippen LogP contribution in [0.2, 0.25) is 0 Å². The maximum Gasteiger partial charge on any atom is -0.00914 e. The highest BCUT2D eigenvalue weighted by molar-refractivity contribution is 5.85. The molecule has 0 bridgehead atoms. The molecule has 0 saturated carbocycles. The van der Waals surface area contributed by atoms with Crippen molar-refractivity contribution in [1.82, 2.24) is 0 Å². The molecular formula is C14H13. The van der Waals surface area contributed by atoms with E-state index in [-0.39, 0.29) is 0 Å². The van der Waals surface area contributed by atoms with Crippen LogP contribution >= 0.6 is 0 Å². The van der Waals surface area contributed by atoms with Gasteiger partial charge in [-0.3, -0.25) is 0 Å². The first-order valence-electron chi connectivity index (χ1n) is 4.91. The van der Waals surface area contributed by atoms with Crippen molar-refractivity contribution >= 4 is 10.8 Å². The van der Waals surface area contributed by atoms with E-state index in [1.165, 1.54) is 16.3 Å². The smallest absolute Gasteiger partial charge is 0.00914 e. The fourth-order valence-electron chi connectivity index (χ4n) is 1.63. The molecule has 0 aliphatic heterocycles. The Hall–Kier alpha value is -1.56. The quantitative estimate of drug-likeness (QED) is 0.619. The van der Waals surface area contributed by atoms with Crippen molar-refractivity contribution in [2.45, 2.75) is 13.3 Å². The van der Waals surface area contributed by atoms with Crippen molar-refractivity contribution in [3.63, 3.8) is 0 Å². The largest absolute Gasteiger partial charge is 0.0913 e. The zero-order valence-electron chi connectivity index (χ0n) is 8.33. The maximum absolute atomic E-state index is 3.24. The summed E-state index contributed by atoms with van der Waals surface area (Å²) >= 11 is 0. The normalized spacial score (nSPS) is 11.2. The molecule has 0 aliphatic rings. The van der Waals surface area contributed by atoms with Crippen molar-refractivity contribution in [1.29, 1.82) is 0 Å². The summed E-state index contributed by atoms with van der Waals surface area (Å²) in [6, 6.07) is 15.8. The molecule has 1 radical (unpaired) electrons. The van der Waals surface area contributed by atoms with Gasteiger partial charge in [0.05, 0.1) is 0 Å². The summed E-state index contributed by atoms with van der Waals surface area (Å²) in [5.41, 5.74) is 1.37. The van der Waals surface area contributed by atoms with Gasteiger partial charge in [-0.25, -0.2) is 0 Å². The van der Waals surface area contributed by atoms with Crippen LogP contribution in [-0.2, 0) is 6.42 Å². The second-order valence-electron chi connectivity index (χ2n) is 3.32. The van der Waals surface area contributed by atoms with Crippen LogP contribution in [0.3, 0.4) is 0 Å². The molecule has 69 valence electrons. The van der Waals surface area contributed by atoms with Crippen molar-refractivity contribution in [2.75, 3.05) is 0 Å². The predicted octanol–water partition coefficient (Wildman–Crippen LogP) is 3.76. The van der Waals surface area contributed by atoms with Gasteiger partial charge in [-0.1, -0.05) is 48.6 Å². The lowest BCUT2D eigenvalue weighted by Gasteiger charge is -2.02. The van der Waals surface area contributed by atoms with Crippen molar-refractivity contribution in [3.05, 3.63) is 60.2 Å². The highest BCUT2D eigenvalue weighted by Crippen LogP contribution is 2.18. The molecule has 0 N–H and O–H groups in total. The van der Waals surface area contributed by atoms with Gasteiger partial charge < -0.3 is 0 Å². The van der Waals surface area contributed by atoms with Gasteiger partial charge in [0.25, 0.3) is 0 Å². The number of rotatable bonds is 2. The Kier molecular flexibility index (Phi) is 2.64. The zero-order chi connectivity index (χ0) is 9.80. The molecule has 0 heterocycles. The van der Waals surface area contributed by atoms with Crippen molar-refractivity contribution < 1.29 is 0 Å². The molecule has 14 heavy (non-hydrogen) atoms. The van der Waals surface area contributed by atoms with E-state index in [2.05, 4.69) is 55.5 Å². The molecule has 0 fully saturated rings. The third-order valence-electron chi connectivity index (χ3n) is 2.37. The first-order chi connectivity index (χ1) is 6.92. The van der Waals surface area contributed by atoms with E-state index >= 15 is 0 Å². The monoisotopic (exact) mass is 181 g/mol. The van der Waals surface area contributed by atoms with Gasteiger partial charge in [-0.15, -0.1) is 0 Å². The van der Waals surface area contributed by atoms with Gasteiger partial charge in [0.1, 0.15) is 0 Å². The zero-order valence-corrected chi connectivity index (χ0v) is 8.33. The summed E-state index contributed by atoms with van der Waals surface area (Å²) in [5, 5.41) is 2.52. The van der Waals surface area contributed by atoms with E-state index in [1.807, 2.05) is 6.07 Å². The number of hydrogen-bond donors (Lipinski definition) is 0. The van der Waals surface area contributed by atoms with Crippen LogP contribution in [0.25, 0.3) is 10.8 Å². The maximum atomic E-state index is 3.24. The molecule has 0 nitrogen and oxygen atoms in total. The van der Waals surface area contributed by atoms with Crippen LogP contribution in [0.1, 0.15) is 12.5 Å². The predicted molar refractivity (Wildman–Crippen MR) is 61.3 cm³/mol. The van der Waals surface area contributed by atoms with E-state index in [4.69, 9.17) is 0 Å². The molecule has 0 atom stereocenters.